The molecule has 0 radical (unpaired) electrons. The van der Waals surface area contributed by atoms with Crippen molar-refractivity contribution in [3.63, 3.8) is 0 Å². The Morgan fingerprint density at radius 3 is 2.57 bits per heavy atom. The number of halogens is 1. The first-order valence-electron chi connectivity index (χ1n) is 9.06. The van der Waals surface area contributed by atoms with Crippen LogP contribution in [-0.2, 0) is 9.53 Å². The van der Waals surface area contributed by atoms with Crippen molar-refractivity contribution in [1.29, 1.82) is 0 Å². The lowest BCUT2D eigenvalue weighted by Crippen LogP contribution is -2.21. The Morgan fingerprint density at radius 2 is 1.83 bits per heavy atom. The van der Waals surface area contributed by atoms with E-state index >= 15 is 0 Å². The van der Waals surface area contributed by atoms with Crippen molar-refractivity contribution < 1.29 is 14.3 Å². The third-order valence-corrected chi connectivity index (χ3v) is 5.84. The quantitative estimate of drug-likeness (QED) is 0.395. The molecule has 1 amide bonds. The van der Waals surface area contributed by atoms with Gasteiger partial charge in [-0.05, 0) is 34.5 Å². The lowest BCUT2D eigenvalue weighted by molar-refractivity contribution is -0.119. The minimum atomic E-state index is -0.571. The van der Waals surface area contributed by atoms with Crippen LogP contribution in [0, 0.1) is 6.92 Å². The van der Waals surface area contributed by atoms with Gasteiger partial charge < -0.3 is 4.74 Å². The Morgan fingerprint density at radius 1 is 1.10 bits per heavy atom. The lowest BCUT2D eigenvalue weighted by atomic mass is 9.98. The maximum atomic E-state index is 13.0. The van der Waals surface area contributed by atoms with Crippen LogP contribution in [0.5, 0.6) is 0 Å². The number of thiazole rings is 1. The average molecular weight is 482 g/mol. The highest BCUT2D eigenvalue weighted by Gasteiger charge is 2.21. The van der Waals surface area contributed by atoms with E-state index in [0.717, 1.165) is 9.35 Å². The van der Waals surface area contributed by atoms with Gasteiger partial charge in [0.1, 0.15) is 0 Å². The number of anilines is 1. The zero-order valence-corrected chi connectivity index (χ0v) is 18.3. The number of carbonyl (C=O) groups is 2. The van der Waals surface area contributed by atoms with Crippen molar-refractivity contribution in [1.82, 2.24) is 9.97 Å². The van der Waals surface area contributed by atoms with Crippen LogP contribution in [0.2, 0.25) is 0 Å². The van der Waals surface area contributed by atoms with E-state index in [9.17, 15) is 9.59 Å². The normalized spacial score (nSPS) is 10.7. The van der Waals surface area contributed by atoms with Crippen LogP contribution < -0.4 is 5.32 Å². The van der Waals surface area contributed by atoms with Gasteiger partial charge in [0.05, 0.1) is 26.8 Å². The zero-order chi connectivity index (χ0) is 21.1. The smallest absolute Gasteiger partial charge is 0.339 e. The second kappa shape index (κ2) is 8.73. The Hall–Kier alpha value is -3.10. The van der Waals surface area contributed by atoms with Crippen LogP contribution in [0.3, 0.4) is 0 Å². The molecule has 0 aliphatic carbocycles. The first-order chi connectivity index (χ1) is 14.5. The Kier molecular flexibility index (Phi) is 5.87. The molecule has 4 rings (SSSR count). The van der Waals surface area contributed by atoms with Crippen molar-refractivity contribution >= 4 is 55.2 Å². The molecule has 0 saturated heterocycles. The molecule has 0 aliphatic heterocycles. The lowest BCUT2D eigenvalue weighted by Gasteiger charge is -2.14. The van der Waals surface area contributed by atoms with Gasteiger partial charge in [-0.1, -0.05) is 59.9 Å². The summed E-state index contributed by atoms with van der Waals surface area (Å²) in [6.07, 6.45) is 1.59. The molecule has 0 spiro atoms. The van der Waals surface area contributed by atoms with Gasteiger partial charge in [0, 0.05) is 10.9 Å². The summed E-state index contributed by atoms with van der Waals surface area (Å²) in [4.78, 5) is 33.9. The fourth-order valence-electron chi connectivity index (χ4n) is 3.12. The molecule has 0 bridgehead atoms. The molecule has 0 atom stereocenters. The molecule has 0 fully saturated rings. The van der Waals surface area contributed by atoms with E-state index in [0.29, 0.717) is 32.9 Å². The molecule has 6 nitrogen and oxygen atoms in total. The number of hydrogen-bond donors (Lipinski definition) is 1. The van der Waals surface area contributed by atoms with E-state index in [-0.39, 0.29) is 0 Å². The minimum absolute atomic E-state index is 0.407. The third-order valence-electron chi connectivity index (χ3n) is 4.45. The number of hydrogen-bond acceptors (Lipinski definition) is 6. The maximum Gasteiger partial charge on any atom is 0.339 e. The standard InChI is InChI=1S/C22H16BrN3O3S/c1-13-19(21(28)29-12-18(27)26-22-24-11-17(23)30-22)15-9-5-6-10-16(15)25-20(13)14-7-3-2-4-8-14/h2-11H,12H2,1H3,(H,24,26,27). The van der Waals surface area contributed by atoms with E-state index in [1.165, 1.54) is 11.3 Å². The van der Waals surface area contributed by atoms with Crippen LogP contribution in [-0.4, -0.2) is 28.5 Å². The van der Waals surface area contributed by atoms with Crippen molar-refractivity contribution in [2.75, 3.05) is 11.9 Å². The summed E-state index contributed by atoms with van der Waals surface area (Å²) in [5.74, 6) is -1.02. The van der Waals surface area contributed by atoms with Gasteiger partial charge in [-0.15, -0.1) is 0 Å². The number of fused-ring (bicyclic) bond motifs is 1. The van der Waals surface area contributed by atoms with Gasteiger partial charge in [0.15, 0.2) is 11.7 Å². The molecule has 2 heterocycles. The number of nitrogens with zero attached hydrogens (tertiary/aromatic N) is 2. The molecule has 0 aliphatic rings. The number of pyridine rings is 1. The van der Waals surface area contributed by atoms with Gasteiger partial charge in [-0.2, -0.15) is 0 Å². The molecule has 150 valence electrons. The van der Waals surface area contributed by atoms with E-state index in [1.807, 2.05) is 61.5 Å². The molecule has 1 N–H and O–H groups in total. The summed E-state index contributed by atoms with van der Waals surface area (Å²) in [6.45, 7) is 1.43. The molecule has 0 saturated carbocycles. The van der Waals surface area contributed by atoms with Gasteiger partial charge in [-0.3, -0.25) is 10.1 Å². The summed E-state index contributed by atoms with van der Waals surface area (Å²) < 4.78 is 6.13. The topological polar surface area (TPSA) is 81.2 Å². The second-order valence-electron chi connectivity index (χ2n) is 6.44. The number of esters is 1. The number of ether oxygens (including phenoxy) is 1. The van der Waals surface area contributed by atoms with Crippen molar-refractivity contribution in [3.05, 3.63) is 75.7 Å². The molecular formula is C22H16BrN3O3S. The number of carbonyl (C=O) groups excluding carboxylic acids is 2. The minimum Gasteiger partial charge on any atom is -0.452 e. The summed E-state index contributed by atoms with van der Waals surface area (Å²) in [5, 5.41) is 3.72. The number of para-hydroxylation sites is 1. The van der Waals surface area contributed by atoms with Crippen LogP contribution in [0.1, 0.15) is 15.9 Å². The zero-order valence-electron chi connectivity index (χ0n) is 15.9. The van der Waals surface area contributed by atoms with E-state index in [2.05, 4.69) is 26.2 Å². The largest absolute Gasteiger partial charge is 0.452 e. The molecule has 8 heteroatoms. The van der Waals surface area contributed by atoms with E-state index in [4.69, 9.17) is 9.72 Å². The van der Waals surface area contributed by atoms with Crippen LogP contribution in [0.4, 0.5) is 5.13 Å². The number of nitrogens with one attached hydrogen (secondary N) is 1. The van der Waals surface area contributed by atoms with Gasteiger partial charge in [-0.25, -0.2) is 14.8 Å². The van der Waals surface area contributed by atoms with Gasteiger partial charge >= 0.3 is 5.97 Å². The SMILES string of the molecule is Cc1c(-c2ccccc2)nc2ccccc2c1C(=O)OCC(=O)Nc1ncc(Br)s1. The second-order valence-corrected chi connectivity index (χ2v) is 8.85. The highest BCUT2D eigenvalue weighted by atomic mass is 79.9. The molecule has 4 aromatic rings. The Balaban J connectivity index is 1.63. The molecule has 2 aromatic carbocycles. The predicted octanol–water partition coefficient (Wildman–Crippen LogP) is 5.22. The molecular weight excluding hydrogens is 466 g/mol. The fourth-order valence-corrected chi connectivity index (χ4v) is 4.24. The highest BCUT2D eigenvalue weighted by molar-refractivity contribution is 9.11. The highest BCUT2D eigenvalue weighted by Crippen LogP contribution is 2.30. The monoisotopic (exact) mass is 481 g/mol. The third kappa shape index (κ3) is 4.24. The molecule has 2 aromatic heterocycles. The summed E-state index contributed by atoms with van der Waals surface area (Å²) in [6, 6.07) is 17.0. The van der Waals surface area contributed by atoms with Gasteiger partial charge in [0.25, 0.3) is 5.91 Å². The Labute approximate surface area is 185 Å². The summed E-state index contributed by atoms with van der Waals surface area (Å²) in [7, 11) is 0. The first kappa shape index (κ1) is 20.2. The van der Waals surface area contributed by atoms with Crippen molar-refractivity contribution in [2.45, 2.75) is 6.92 Å². The summed E-state index contributed by atoms with van der Waals surface area (Å²) >= 11 is 4.56. The van der Waals surface area contributed by atoms with E-state index < -0.39 is 18.5 Å². The van der Waals surface area contributed by atoms with Crippen molar-refractivity contribution in [3.8, 4) is 11.3 Å². The Bertz CT molecular complexity index is 1240. The maximum absolute atomic E-state index is 13.0. The number of amides is 1. The van der Waals surface area contributed by atoms with E-state index in [1.54, 1.807) is 6.20 Å². The molecule has 0 unspecified atom stereocenters. The fraction of sp³-hybridized carbons (Fsp3) is 0.0909. The van der Waals surface area contributed by atoms with Crippen LogP contribution in [0.25, 0.3) is 22.2 Å². The first-order valence-corrected chi connectivity index (χ1v) is 10.7. The van der Waals surface area contributed by atoms with Crippen LogP contribution >= 0.6 is 27.3 Å². The average Bonchev–Trinajstić information content (AvgIpc) is 3.16. The van der Waals surface area contributed by atoms with Crippen LogP contribution in [0.15, 0.2) is 64.6 Å². The number of aromatic nitrogens is 2. The van der Waals surface area contributed by atoms with Gasteiger partial charge in [0.2, 0.25) is 0 Å². The van der Waals surface area contributed by atoms with Crippen molar-refractivity contribution in [2.24, 2.45) is 0 Å². The molecule has 30 heavy (non-hydrogen) atoms. The number of benzene rings is 2. The summed E-state index contributed by atoms with van der Waals surface area (Å²) in [5.41, 5.74) is 3.41. The predicted molar refractivity (Wildman–Crippen MR) is 121 cm³/mol. The number of rotatable bonds is 5.